The Bertz CT molecular complexity index is 757. The van der Waals surface area contributed by atoms with Gasteiger partial charge in [0.25, 0.3) is 5.91 Å². The van der Waals surface area contributed by atoms with E-state index in [0.29, 0.717) is 5.69 Å². The summed E-state index contributed by atoms with van der Waals surface area (Å²) in [5, 5.41) is 13.3. The van der Waals surface area contributed by atoms with Gasteiger partial charge in [0.2, 0.25) is 0 Å². The lowest BCUT2D eigenvalue weighted by molar-refractivity contribution is 0.0933. The van der Waals surface area contributed by atoms with Gasteiger partial charge in [-0.2, -0.15) is 11.3 Å². The second kappa shape index (κ2) is 6.29. The van der Waals surface area contributed by atoms with Crippen LogP contribution in [0.1, 0.15) is 51.1 Å². The van der Waals surface area contributed by atoms with Gasteiger partial charge in [-0.15, -0.1) is 11.3 Å². The van der Waals surface area contributed by atoms with Crippen molar-refractivity contribution in [3.05, 3.63) is 61.8 Å². The fourth-order valence-electron chi connectivity index (χ4n) is 2.98. The molecule has 3 aromatic rings. The lowest BCUT2D eigenvalue weighted by Crippen LogP contribution is -2.29. The summed E-state index contributed by atoms with van der Waals surface area (Å²) in [6.45, 7) is 0. The summed E-state index contributed by atoms with van der Waals surface area (Å²) in [5.74, 6) is 0.728. The first-order valence-electron chi connectivity index (χ1n) is 7.66. The smallest absolute Gasteiger partial charge is 0.274 e. The molecule has 23 heavy (non-hydrogen) atoms. The van der Waals surface area contributed by atoms with E-state index in [1.54, 1.807) is 22.7 Å². The van der Waals surface area contributed by atoms with Crippen molar-refractivity contribution in [3.8, 4) is 0 Å². The van der Waals surface area contributed by atoms with Crippen molar-refractivity contribution in [2.75, 3.05) is 0 Å². The van der Waals surface area contributed by atoms with Crippen LogP contribution in [0.3, 0.4) is 0 Å². The number of rotatable bonds is 4. The Balaban J connectivity index is 1.62. The number of aryl methyl sites for hydroxylation is 1. The fraction of sp³-hybridized carbons (Fsp3) is 0.294. The number of amides is 1. The summed E-state index contributed by atoms with van der Waals surface area (Å²) in [6.07, 6.45) is 3.96. The maximum absolute atomic E-state index is 12.8. The number of carbonyl (C=O) groups excluding carboxylic acids is 1. The zero-order chi connectivity index (χ0) is 15.6. The van der Waals surface area contributed by atoms with Crippen LogP contribution < -0.4 is 5.32 Å². The molecule has 118 valence electrons. The minimum absolute atomic E-state index is 0.135. The molecule has 0 fully saturated rings. The molecule has 3 heterocycles. The average molecular weight is 344 g/mol. The molecule has 1 unspecified atom stereocenters. The molecule has 1 amide bonds. The molecule has 1 aliphatic carbocycles. The third-order valence-electron chi connectivity index (χ3n) is 4.14. The number of fused-ring (bicyclic) bond motifs is 1. The topological polar surface area (TPSA) is 55.1 Å². The zero-order valence-corrected chi connectivity index (χ0v) is 14.1. The summed E-state index contributed by atoms with van der Waals surface area (Å²) >= 11 is 3.28. The van der Waals surface area contributed by atoms with Gasteiger partial charge in [0.05, 0.1) is 6.04 Å². The first-order valence-corrected chi connectivity index (χ1v) is 9.49. The molecular weight excluding hydrogens is 328 g/mol. The highest BCUT2D eigenvalue weighted by Crippen LogP contribution is 2.29. The van der Waals surface area contributed by atoms with E-state index in [9.17, 15) is 4.79 Å². The normalized spacial score (nSPS) is 15.1. The van der Waals surface area contributed by atoms with Crippen molar-refractivity contribution in [3.63, 3.8) is 0 Å². The molecule has 0 saturated heterocycles. The maximum Gasteiger partial charge on any atom is 0.274 e. The maximum atomic E-state index is 12.8. The van der Waals surface area contributed by atoms with Gasteiger partial charge in [0.1, 0.15) is 5.76 Å². The van der Waals surface area contributed by atoms with Crippen molar-refractivity contribution >= 4 is 28.6 Å². The van der Waals surface area contributed by atoms with E-state index in [2.05, 4.69) is 15.9 Å². The van der Waals surface area contributed by atoms with E-state index < -0.39 is 0 Å². The van der Waals surface area contributed by atoms with Crippen LogP contribution in [0, 0.1) is 0 Å². The number of nitrogens with zero attached hydrogens (tertiary/aromatic N) is 1. The molecule has 6 heteroatoms. The van der Waals surface area contributed by atoms with Crippen LogP contribution >= 0.6 is 22.7 Å². The van der Waals surface area contributed by atoms with Crippen LogP contribution in [0.5, 0.6) is 0 Å². The zero-order valence-electron chi connectivity index (χ0n) is 12.5. The van der Waals surface area contributed by atoms with Crippen molar-refractivity contribution in [2.45, 2.75) is 31.7 Å². The van der Waals surface area contributed by atoms with E-state index in [1.807, 2.05) is 29.0 Å². The molecule has 1 aliphatic rings. The molecule has 3 aromatic heterocycles. The fourth-order valence-corrected chi connectivity index (χ4v) is 4.46. The number of hydrogen-bond acceptors (Lipinski definition) is 5. The highest BCUT2D eigenvalue weighted by Gasteiger charge is 2.26. The predicted molar refractivity (Wildman–Crippen MR) is 91.1 cm³/mol. The Morgan fingerprint density at radius 2 is 2.17 bits per heavy atom. The van der Waals surface area contributed by atoms with E-state index in [-0.39, 0.29) is 11.9 Å². The molecule has 0 bridgehead atoms. The van der Waals surface area contributed by atoms with Crippen molar-refractivity contribution < 1.29 is 9.32 Å². The Labute approximate surface area is 142 Å². The molecule has 1 N–H and O–H groups in total. The predicted octanol–water partition coefficient (Wildman–Crippen LogP) is 4.20. The van der Waals surface area contributed by atoms with Gasteiger partial charge in [-0.3, -0.25) is 4.79 Å². The van der Waals surface area contributed by atoms with Crippen LogP contribution in [0.4, 0.5) is 0 Å². The molecular formula is C17H16N2O2S2. The summed E-state index contributed by atoms with van der Waals surface area (Å²) in [7, 11) is 0. The Morgan fingerprint density at radius 1 is 1.26 bits per heavy atom. The first kappa shape index (κ1) is 14.7. The highest BCUT2D eigenvalue weighted by molar-refractivity contribution is 7.10. The lowest BCUT2D eigenvalue weighted by atomic mass is 9.96. The van der Waals surface area contributed by atoms with E-state index >= 15 is 0 Å². The Hall–Kier alpha value is -1.92. The van der Waals surface area contributed by atoms with Gasteiger partial charge in [-0.1, -0.05) is 11.2 Å². The molecule has 4 rings (SSSR count). The molecule has 0 aliphatic heterocycles. The molecule has 0 spiro atoms. The van der Waals surface area contributed by atoms with Gasteiger partial charge >= 0.3 is 0 Å². The second-order valence-corrected chi connectivity index (χ2v) is 7.38. The van der Waals surface area contributed by atoms with Gasteiger partial charge in [-0.25, -0.2) is 0 Å². The van der Waals surface area contributed by atoms with Gasteiger partial charge in [0.15, 0.2) is 5.69 Å². The SMILES string of the molecule is O=C(NC(c1ccsc1)c1cccs1)c1noc2c1CCCC2. The summed E-state index contributed by atoms with van der Waals surface area (Å²) in [4.78, 5) is 13.9. The minimum atomic E-state index is -0.151. The highest BCUT2D eigenvalue weighted by atomic mass is 32.1. The van der Waals surface area contributed by atoms with Crippen LogP contribution in [0.2, 0.25) is 0 Å². The third kappa shape index (κ3) is 2.84. The quantitative estimate of drug-likeness (QED) is 0.772. The molecule has 4 nitrogen and oxygen atoms in total. The van der Waals surface area contributed by atoms with Crippen molar-refractivity contribution in [2.24, 2.45) is 0 Å². The number of thiophene rings is 2. The lowest BCUT2D eigenvalue weighted by Gasteiger charge is -2.16. The third-order valence-corrected chi connectivity index (χ3v) is 5.78. The van der Waals surface area contributed by atoms with Gasteiger partial charge in [0, 0.05) is 16.9 Å². The number of hydrogen-bond donors (Lipinski definition) is 1. The largest absolute Gasteiger partial charge is 0.360 e. The second-order valence-electron chi connectivity index (χ2n) is 5.62. The Kier molecular flexibility index (Phi) is 4.01. The standard InChI is InChI=1S/C17H16N2O2S2/c20-17(16-12-4-1-2-5-13(12)21-19-16)18-15(11-7-9-22-10-11)14-6-3-8-23-14/h3,6-10,15H,1-2,4-5H2,(H,18,20). The van der Waals surface area contributed by atoms with E-state index in [1.165, 1.54) is 0 Å². The number of nitrogens with one attached hydrogen (secondary N) is 1. The van der Waals surface area contributed by atoms with Gasteiger partial charge < -0.3 is 9.84 Å². The van der Waals surface area contributed by atoms with Crippen molar-refractivity contribution in [1.82, 2.24) is 10.5 Å². The number of carbonyl (C=O) groups is 1. The van der Waals surface area contributed by atoms with E-state index in [4.69, 9.17) is 4.52 Å². The van der Waals surface area contributed by atoms with E-state index in [0.717, 1.165) is 47.4 Å². The first-order chi connectivity index (χ1) is 11.3. The molecule has 0 aromatic carbocycles. The monoisotopic (exact) mass is 344 g/mol. The molecule has 0 radical (unpaired) electrons. The van der Waals surface area contributed by atoms with Crippen LogP contribution in [0.25, 0.3) is 0 Å². The summed E-state index contributed by atoms with van der Waals surface area (Å²) in [6, 6.07) is 5.97. The summed E-state index contributed by atoms with van der Waals surface area (Å²) < 4.78 is 5.37. The van der Waals surface area contributed by atoms with Crippen LogP contribution in [-0.4, -0.2) is 11.1 Å². The minimum Gasteiger partial charge on any atom is -0.360 e. The Morgan fingerprint density at radius 3 is 2.96 bits per heavy atom. The molecule has 1 atom stereocenters. The summed E-state index contributed by atoms with van der Waals surface area (Å²) in [5.41, 5.74) is 2.55. The average Bonchev–Trinajstić information content (AvgIpc) is 3.33. The van der Waals surface area contributed by atoms with Crippen molar-refractivity contribution in [1.29, 1.82) is 0 Å². The van der Waals surface area contributed by atoms with Crippen LogP contribution in [-0.2, 0) is 12.8 Å². The van der Waals surface area contributed by atoms with Crippen LogP contribution in [0.15, 0.2) is 38.9 Å². The number of aromatic nitrogens is 1. The molecule has 0 saturated carbocycles. The van der Waals surface area contributed by atoms with Gasteiger partial charge in [-0.05, 0) is 53.1 Å².